The van der Waals surface area contributed by atoms with Gasteiger partial charge in [0, 0.05) is 17.3 Å². The monoisotopic (exact) mass is 476 g/mol. The van der Waals surface area contributed by atoms with Crippen LogP contribution in [0.3, 0.4) is 0 Å². The number of nitrogens with one attached hydrogen (secondary N) is 1. The van der Waals surface area contributed by atoms with E-state index in [0.29, 0.717) is 10.1 Å². The molecule has 0 saturated carbocycles. The summed E-state index contributed by atoms with van der Waals surface area (Å²) in [5, 5.41) is 20.6. The molecule has 5 atom stereocenters. The SMILES string of the molecule is [2H]C([2H])(OP1(=O)OCc2cccc(OC)c2O1)[C@@]1(F)O[C@@H](n2cc(C)c(=O)[nH]c2=O)[C@H](O)[C@@H]1O. The lowest BCUT2D eigenvalue weighted by molar-refractivity contribution is -0.205. The number of aliphatic hydroxyl groups excluding tert-OH is 2. The highest BCUT2D eigenvalue weighted by Crippen LogP contribution is 2.57. The number of benzene rings is 1. The van der Waals surface area contributed by atoms with Crippen molar-refractivity contribution in [3.63, 3.8) is 0 Å². The molecule has 1 unspecified atom stereocenters. The van der Waals surface area contributed by atoms with E-state index in [-0.39, 0.29) is 23.7 Å². The Morgan fingerprint density at radius 1 is 1.44 bits per heavy atom. The van der Waals surface area contributed by atoms with Crippen molar-refractivity contribution in [2.24, 2.45) is 0 Å². The molecule has 0 bridgehead atoms. The van der Waals surface area contributed by atoms with Crippen molar-refractivity contribution in [2.75, 3.05) is 13.7 Å². The Labute approximate surface area is 182 Å². The third-order valence-electron chi connectivity index (χ3n) is 4.87. The highest BCUT2D eigenvalue weighted by Gasteiger charge is 2.57. The lowest BCUT2D eigenvalue weighted by Gasteiger charge is -2.28. The molecular weight excluding hydrogens is 454 g/mol. The van der Waals surface area contributed by atoms with Crippen LogP contribution in [0.25, 0.3) is 0 Å². The number of nitrogens with zero attached hydrogens (tertiary/aromatic N) is 1. The molecule has 2 aliphatic heterocycles. The fourth-order valence-corrected chi connectivity index (χ4v) is 4.27. The van der Waals surface area contributed by atoms with Gasteiger partial charge < -0.3 is 24.2 Å². The summed E-state index contributed by atoms with van der Waals surface area (Å²) in [5.41, 5.74) is -1.49. The van der Waals surface area contributed by atoms with Crippen LogP contribution in [-0.2, 0) is 25.0 Å². The zero-order chi connectivity index (χ0) is 25.1. The Morgan fingerprint density at radius 3 is 2.91 bits per heavy atom. The molecule has 1 fully saturated rings. The number of aromatic amines is 1. The van der Waals surface area contributed by atoms with Crippen LogP contribution < -0.4 is 20.5 Å². The van der Waals surface area contributed by atoms with Crippen LogP contribution in [0.15, 0.2) is 34.0 Å². The minimum absolute atomic E-state index is 0.0124. The highest BCUT2D eigenvalue weighted by molar-refractivity contribution is 7.49. The predicted molar refractivity (Wildman–Crippen MR) is 104 cm³/mol. The van der Waals surface area contributed by atoms with Gasteiger partial charge in [-0.1, -0.05) is 12.1 Å². The molecular formula is C18H20FN2O10P. The van der Waals surface area contributed by atoms with Crippen molar-refractivity contribution < 1.29 is 45.0 Å². The van der Waals surface area contributed by atoms with Crippen LogP contribution in [-0.4, -0.2) is 51.5 Å². The van der Waals surface area contributed by atoms with Crippen LogP contribution in [0, 0.1) is 6.92 Å². The van der Waals surface area contributed by atoms with Crippen molar-refractivity contribution in [1.29, 1.82) is 0 Å². The van der Waals surface area contributed by atoms with E-state index in [0.717, 1.165) is 6.20 Å². The van der Waals surface area contributed by atoms with Crippen LogP contribution in [0.2, 0.25) is 0 Å². The number of rotatable bonds is 5. The van der Waals surface area contributed by atoms with E-state index in [9.17, 15) is 24.4 Å². The molecule has 2 aromatic rings. The molecule has 12 nitrogen and oxygen atoms in total. The molecule has 1 saturated heterocycles. The molecule has 1 aromatic heterocycles. The number of phosphoric ester groups is 1. The summed E-state index contributed by atoms with van der Waals surface area (Å²) in [6.45, 7) is -2.79. The van der Waals surface area contributed by atoms with E-state index in [1.54, 1.807) is 12.1 Å². The molecule has 0 spiro atoms. The number of aromatic nitrogens is 2. The number of para-hydroxylation sites is 1. The number of fused-ring (bicyclic) bond motifs is 1. The standard InChI is InChI=1S/C18H20FN2O10P/c1-9-6-21(17(25)20-15(9)24)16-12(22)14(23)18(19,30-16)8-29-32(26)28-7-10-4-3-5-11(27-2)13(10)31-32/h3-6,12,14,16,22-23H,7-8H2,1-2H3,(H,20,24,25)/t12-,14+,16-,18-,32?/m1/s1/i8D2. The average Bonchev–Trinajstić information content (AvgIpc) is 3.00. The average molecular weight is 476 g/mol. The van der Waals surface area contributed by atoms with E-state index < -0.39 is 49.9 Å². The smallest absolute Gasteiger partial charge is 0.493 e. The maximum Gasteiger partial charge on any atom is 0.530 e. The van der Waals surface area contributed by atoms with Crippen molar-refractivity contribution in [1.82, 2.24) is 9.55 Å². The second-order valence-electron chi connectivity index (χ2n) is 7.02. The summed E-state index contributed by atoms with van der Waals surface area (Å²) in [5.74, 6) is -3.81. The maximum atomic E-state index is 15.8. The number of halogens is 1. The summed E-state index contributed by atoms with van der Waals surface area (Å²) < 4.78 is 70.4. The Hall–Kier alpha value is -2.54. The number of ether oxygens (including phenoxy) is 2. The van der Waals surface area contributed by atoms with Gasteiger partial charge in [0.1, 0.15) is 18.8 Å². The third kappa shape index (κ3) is 3.87. The van der Waals surface area contributed by atoms with Crippen molar-refractivity contribution in [3.05, 3.63) is 56.4 Å². The molecule has 0 radical (unpaired) electrons. The molecule has 32 heavy (non-hydrogen) atoms. The van der Waals surface area contributed by atoms with Crippen LogP contribution in [0.4, 0.5) is 4.39 Å². The normalized spacial score (nSPS) is 33.1. The number of aryl methyl sites for hydroxylation is 1. The molecule has 174 valence electrons. The minimum Gasteiger partial charge on any atom is -0.493 e. The van der Waals surface area contributed by atoms with E-state index in [1.807, 2.05) is 4.98 Å². The summed E-state index contributed by atoms with van der Waals surface area (Å²) in [6, 6.07) is 4.62. The maximum absolute atomic E-state index is 15.8. The molecule has 3 heterocycles. The van der Waals surface area contributed by atoms with E-state index in [4.69, 9.17) is 25.8 Å². The minimum atomic E-state index is -4.85. The van der Waals surface area contributed by atoms with E-state index >= 15 is 4.39 Å². The summed E-state index contributed by atoms with van der Waals surface area (Å²) >= 11 is 0. The number of methoxy groups -OCH3 is 1. The van der Waals surface area contributed by atoms with Gasteiger partial charge in [0.15, 0.2) is 17.7 Å². The first-order chi connectivity index (χ1) is 15.8. The number of hydrogen-bond acceptors (Lipinski definition) is 10. The van der Waals surface area contributed by atoms with Gasteiger partial charge in [0.25, 0.3) is 11.4 Å². The first kappa shape index (κ1) is 20.1. The molecule has 0 aliphatic carbocycles. The summed E-state index contributed by atoms with van der Waals surface area (Å²) in [7, 11) is -3.54. The fraction of sp³-hybridized carbons (Fsp3) is 0.444. The second kappa shape index (κ2) is 8.10. The molecule has 0 amide bonds. The quantitative estimate of drug-likeness (QED) is 0.519. The molecule has 4 rings (SSSR count). The number of alkyl halides is 1. The Morgan fingerprint density at radius 2 is 2.19 bits per heavy atom. The van der Waals surface area contributed by atoms with E-state index in [2.05, 4.69) is 0 Å². The van der Waals surface area contributed by atoms with Crippen LogP contribution in [0.5, 0.6) is 11.5 Å². The van der Waals surface area contributed by atoms with Crippen molar-refractivity contribution >= 4 is 7.82 Å². The van der Waals surface area contributed by atoms with Gasteiger partial charge >= 0.3 is 13.5 Å². The van der Waals surface area contributed by atoms with E-state index in [1.165, 1.54) is 20.1 Å². The summed E-state index contributed by atoms with van der Waals surface area (Å²) in [6.07, 6.45) is -5.86. The number of aliphatic hydroxyl groups is 2. The largest absolute Gasteiger partial charge is 0.530 e. The molecule has 2 aliphatic rings. The van der Waals surface area contributed by atoms with Gasteiger partial charge in [-0.15, -0.1) is 0 Å². The zero-order valence-corrected chi connectivity index (χ0v) is 17.6. The Balaban J connectivity index is 1.64. The van der Waals surface area contributed by atoms with Gasteiger partial charge in [0.05, 0.1) is 16.5 Å². The van der Waals surface area contributed by atoms with Crippen molar-refractivity contribution in [2.45, 2.75) is 37.8 Å². The first-order valence-electron chi connectivity index (χ1n) is 10.2. The van der Waals surface area contributed by atoms with Gasteiger partial charge in [0.2, 0.25) is 0 Å². The lowest BCUT2D eigenvalue weighted by atomic mass is 10.1. The lowest BCUT2D eigenvalue weighted by Crippen LogP contribution is -2.43. The first-order valence-corrected chi connectivity index (χ1v) is 10.6. The topological polar surface area (TPSA) is 159 Å². The Bertz CT molecular complexity index is 1270. The highest BCUT2D eigenvalue weighted by atomic mass is 31.2. The fourth-order valence-electron chi connectivity index (χ4n) is 3.16. The Kier molecular flexibility index (Phi) is 5.09. The molecule has 1 aromatic carbocycles. The zero-order valence-electron chi connectivity index (χ0n) is 18.7. The van der Waals surface area contributed by atoms with Gasteiger partial charge in [-0.3, -0.25) is 23.4 Å². The second-order valence-corrected chi connectivity index (χ2v) is 8.54. The predicted octanol–water partition coefficient (Wildman–Crippen LogP) is 0.504. The third-order valence-corrected chi connectivity index (χ3v) is 6.03. The molecule has 14 heteroatoms. The van der Waals surface area contributed by atoms with Crippen molar-refractivity contribution in [3.8, 4) is 11.5 Å². The number of phosphoric acid groups is 1. The van der Waals surface area contributed by atoms with Gasteiger partial charge in [-0.2, -0.15) is 0 Å². The number of hydrogen-bond donors (Lipinski definition) is 3. The van der Waals surface area contributed by atoms with Gasteiger partial charge in [-0.05, 0) is 13.0 Å². The van der Waals surface area contributed by atoms with Crippen LogP contribution >= 0.6 is 7.82 Å². The van der Waals surface area contributed by atoms with Gasteiger partial charge in [-0.25, -0.2) is 13.8 Å². The summed E-state index contributed by atoms with van der Waals surface area (Å²) in [4.78, 5) is 25.6. The molecule has 3 N–H and O–H groups in total. The number of H-pyrrole nitrogens is 1. The van der Waals surface area contributed by atoms with Crippen LogP contribution in [0.1, 0.15) is 20.1 Å².